The highest BCUT2D eigenvalue weighted by molar-refractivity contribution is 7.89. The van der Waals surface area contributed by atoms with E-state index in [0.29, 0.717) is 35.8 Å². The SMILES string of the molecule is N#Cc1ccc(S(=O)(=O)N2CCC(C(=O)Nc3ccnn3Cc3ccccc3Cl)CC2)cc1. The molecule has 8 nitrogen and oxygen atoms in total. The molecule has 170 valence electrons. The Kier molecular flexibility index (Phi) is 6.79. The molecule has 0 spiro atoms. The van der Waals surface area contributed by atoms with Gasteiger partial charge in [-0.1, -0.05) is 29.8 Å². The number of nitrogens with one attached hydrogen (secondary N) is 1. The van der Waals surface area contributed by atoms with Gasteiger partial charge in [0.25, 0.3) is 0 Å². The van der Waals surface area contributed by atoms with Crippen molar-refractivity contribution in [3.8, 4) is 6.07 Å². The lowest BCUT2D eigenvalue weighted by atomic mass is 9.97. The maximum Gasteiger partial charge on any atom is 0.243 e. The van der Waals surface area contributed by atoms with E-state index in [1.807, 2.05) is 24.3 Å². The Hall–Kier alpha value is -3.19. The van der Waals surface area contributed by atoms with Crippen LogP contribution < -0.4 is 5.32 Å². The summed E-state index contributed by atoms with van der Waals surface area (Å²) in [6.07, 6.45) is 2.44. The molecule has 0 unspecified atom stereocenters. The number of nitrogens with zero attached hydrogens (tertiary/aromatic N) is 4. The van der Waals surface area contributed by atoms with Crippen molar-refractivity contribution in [1.82, 2.24) is 14.1 Å². The summed E-state index contributed by atoms with van der Waals surface area (Å²) in [5, 5.41) is 16.7. The molecule has 3 aromatic rings. The lowest BCUT2D eigenvalue weighted by Crippen LogP contribution is -2.41. The molecule has 1 saturated heterocycles. The number of hydrogen-bond acceptors (Lipinski definition) is 5. The van der Waals surface area contributed by atoms with Crippen molar-refractivity contribution in [3.63, 3.8) is 0 Å². The van der Waals surface area contributed by atoms with Crippen LogP contribution in [0.1, 0.15) is 24.0 Å². The van der Waals surface area contributed by atoms with E-state index in [2.05, 4.69) is 10.4 Å². The van der Waals surface area contributed by atoms with Crippen LogP contribution in [-0.4, -0.2) is 41.5 Å². The molecule has 1 aliphatic heterocycles. The van der Waals surface area contributed by atoms with Crippen molar-refractivity contribution in [2.75, 3.05) is 18.4 Å². The molecule has 1 fully saturated rings. The first-order valence-electron chi connectivity index (χ1n) is 10.4. The summed E-state index contributed by atoms with van der Waals surface area (Å²) in [7, 11) is -3.67. The predicted octanol–water partition coefficient (Wildman–Crippen LogP) is 3.50. The minimum Gasteiger partial charge on any atom is -0.311 e. The summed E-state index contributed by atoms with van der Waals surface area (Å²) < 4.78 is 28.8. The third-order valence-electron chi connectivity index (χ3n) is 5.69. The van der Waals surface area contributed by atoms with Crippen molar-refractivity contribution in [2.24, 2.45) is 5.92 Å². The maximum absolute atomic E-state index is 12.9. The molecule has 0 radical (unpaired) electrons. The van der Waals surface area contributed by atoms with Crippen LogP contribution in [0.2, 0.25) is 5.02 Å². The van der Waals surface area contributed by atoms with Gasteiger partial charge in [-0.2, -0.15) is 14.7 Å². The van der Waals surface area contributed by atoms with Crippen molar-refractivity contribution in [1.29, 1.82) is 5.26 Å². The van der Waals surface area contributed by atoms with E-state index in [9.17, 15) is 13.2 Å². The second-order valence-electron chi connectivity index (χ2n) is 7.77. The summed E-state index contributed by atoms with van der Waals surface area (Å²) in [4.78, 5) is 13.0. The van der Waals surface area contributed by atoms with Gasteiger partial charge >= 0.3 is 0 Å². The minimum atomic E-state index is -3.67. The standard InChI is InChI=1S/C23H22ClN5O3S/c24-21-4-2-1-3-19(21)16-29-22(9-12-26-29)27-23(30)18-10-13-28(14-11-18)33(31,32)20-7-5-17(15-25)6-8-20/h1-9,12,18H,10-11,13-14,16H2,(H,27,30). The summed E-state index contributed by atoms with van der Waals surface area (Å²) >= 11 is 6.23. The molecule has 0 saturated carbocycles. The zero-order valence-electron chi connectivity index (χ0n) is 17.7. The smallest absolute Gasteiger partial charge is 0.243 e. The minimum absolute atomic E-state index is 0.146. The Morgan fingerprint density at radius 3 is 2.48 bits per heavy atom. The molecule has 1 aromatic heterocycles. The number of halogens is 1. The van der Waals surface area contributed by atoms with Crippen LogP contribution in [0.5, 0.6) is 0 Å². The van der Waals surface area contributed by atoms with Crippen LogP contribution in [0.15, 0.2) is 65.7 Å². The van der Waals surface area contributed by atoms with E-state index >= 15 is 0 Å². The first-order chi connectivity index (χ1) is 15.9. The number of anilines is 1. The zero-order valence-corrected chi connectivity index (χ0v) is 19.3. The maximum atomic E-state index is 12.9. The van der Waals surface area contributed by atoms with Gasteiger partial charge in [0.15, 0.2) is 0 Å². The van der Waals surface area contributed by atoms with Gasteiger partial charge in [0.05, 0.1) is 29.3 Å². The zero-order chi connectivity index (χ0) is 23.4. The van der Waals surface area contributed by atoms with Crippen LogP contribution in [0.3, 0.4) is 0 Å². The van der Waals surface area contributed by atoms with Crippen LogP contribution in [0.25, 0.3) is 0 Å². The van der Waals surface area contributed by atoms with Crippen molar-refractivity contribution in [3.05, 3.63) is 76.9 Å². The number of rotatable bonds is 6. The molecular weight excluding hydrogens is 462 g/mol. The number of amides is 1. The molecule has 0 atom stereocenters. The summed E-state index contributed by atoms with van der Waals surface area (Å²) in [5.41, 5.74) is 1.29. The molecule has 1 amide bonds. The molecule has 0 aliphatic carbocycles. The number of piperidine rings is 1. The Morgan fingerprint density at radius 1 is 1.12 bits per heavy atom. The summed E-state index contributed by atoms with van der Waals surface area (Å²) in [5.74, 6) is 0.0972. The normalized spacial score (nSPS) is 15.2. The van der Waals surface area contributed by atoms with Crippen LogP contribution in [0, 0.1) is 17.2 Å². The second kappa shape index (κ2) is 9.75. The molecule has 1 aliphatic rings. The average molecular weight is 484 g/mol. The highest BCUT2D eigenvalue weighted by Crippen LogP contribution is 2.25. The molecule has 33 heavy (non-hydrogen) atoms. The predicted molar refractivity (Wildman–Crippen MR) is 124 cm³/mol. The van der Waals surface area contributed by atoms with Gasteiger partial charge in [0, 0.05) is 30.1 Å². The Morgan fingerprint density at radius 2 is 1.82 bits per heavy atom. The first kappa shape index (κ1) is 23.0. The van der Waals surface area contributed by atoms with E-state index in [-0.39, 0.29) is 29.8 Å². The average Bonchev–Trinajstić information content (AvgIpc) is 3.27. The molecule has 1 N–H and O–H groups in total. The van der Waals surface area contributed by atoms with Crippen molar-refractivity contribution in [2.45, 2.75) is 24.3 Å². The summed E-state index contributed by atoms with van der Waals surface area (Å²) in [6.45, 7) is 0.919. The molecular formula is C23H22ClN5O3S. The number of nitriles is 1. The largest absolute Gasteiger partial charge is 0.311 e. The Balaban J connectivity index is 1.37. The topological polar surface area (TPSA) is 108 Å². The molecule has 2 heterocycles. The van der Waals surface area contributed by atoms with Gasteiger partial charge in [-0.15, -0.1) is 0 Å². The fourth-order valence-corrected chi connectivity index (χ4v) is 5.46. The molecule has 4 rings (SSSR count). The highest BCUT2D eigenvalue weighted by Gasteiger charge is 2.32. The van der Waals surface area contributed by atoms with E-state index in [1.54, 1.807) is 23.0 Å². The number of benzene rings is 2. The van der Waals surface area contributed by atoms with E-state index < -0.39 is 10.0 Å². The number of carbonyl (C=O) groups excluding carboxylic acids is 1. The van der Waals surface area contributed by atoms with Crippen molar-refractivity contribution < 1.29 is 13.2 Å². The Labute approximate surface area is 197 Å². The van der Waals surface area contributed by atoms with E-state index in [4.69, 9.17) is 16.9 Å². The number of carbonyl (C=O) groups is 1. The van der Waals surface area contributed by atoms with Gasteiger partial charge in [-0.3, -0.25) is 4.79 Å². The van der Waals surface area contributed by atoms with E-state index in [0.717, 1.165) is 5.56 Å². The fourth-order valence-electron chi connectivity index (χ4n) is 3.79. The molecule has 2 aromatic carbocycles. The highest BCUT2D eigenvalue weighted by atomic mass is 35.5. The lowest BCUT2D eigenvalue weighted by Gasteiger charge is -2.30. The van der Waals surface area contributed by atoms with Gasteiger partial charge in [0.2, 0.25) is 15.9 Å². The third kappa shape index (κ3) is 5.09. The third-order valence-corrected chi connectivity index (χ3v) is 7.97. The van der Waals surface area contributed by atoms with Gasteiger partial charge < -0.3 is 5.32 Å². The lowest BCUT2D eigenvalue weighted by molar-refractivity contribution is -0.121. The van der Waals surface area contributed by atoms with E-state index in [1.165, 1.54) is 28.6 Å². The number of hydrogen-bond donors (Lipinski definition) is 1. The monoisotopic (exact) mass is 483 g/mol. The van der Waals surface area contributed by atoms with Crippen LogP contribution in [0.4, 0.5) is 5.82 Å². The van der Waals surface area contributed by atoms with Crippen molar-refractivity contribution >= 4 is 33.3 Å². The number of aromatic nitrogens is 2. The van der Waals surface area contributed by atoms with Gasteiger partial charge in [0.1, 0.15) is 5.82 Å². The molecule has 10 heteroatoms. The van der Waals surface area contributed by atoms with Gasteiger partial charge in [-0.05, 0) is 48.7 Å². The number of sulfonamides is 1. The van der Waals surface area contributed by atoms with Gasteiger partial charge in [-0.25, -0.2) is 13.1 Å². The summed E-state index contributed by atoms with van der Waals surface area (Å²) in [6, 6.07) is 17.0. The quantitative estimate of drug-likeness (QED) is 0.577. The van der Waals surface area contributed by atoms with Crippen LogP contribution >= 0.6 is 11.6 Å². The van der Waals surface area contributed by atoms with Crippen LogP contribution in [-0.2, 0) is 21.4 Å². The molecule has 0 bridgehead atoms. The first-order valence-corrected chi connectivity index (χ1v) is 12.3. The fraction of sp³-hybridized carbons (Fsp3) is 0.261. The Bertz CT molecular complexity index is 1290. The second-order valence-corrected chi connectivity index (χ2v) is 10.1.